The maximum Gasteiger partial charge on any atom is 0.351 e. The summed E-state index contributed by atoms with van der Waals surface area (Å²) in [6, 6.07) is 6.07. The molecule has 0 aromatic heterocycles. The summed E-state index contributed by atoms with van der Waals surface area (Å²) >= 11 is 1.36. The minimum Gasteiger partial charge on any atom is -0.478 e. The highest BCUT2D eigenvalue weighted by Crippen LogP contribution is 2.22. The molecule has 1 unspecified atom stereocenters. The van der Waals surface area contributed by atoms with Crippen molar-refractivity contribution >= 4 is 23.7 Å². The van der Waals surface area contributed by atoms with Crippen molar-refractivity contribution in [2.75, 3.05) is 12.9 Å². The van der Waals surface area contributed by atoms with Gasteiger partial charge in [0, 0.05) is 7.11 Å². The molecule has 196 valence electrons. The molecule has 0 fully saturated rings. The summed E-state index contributed by atoms with van der Waals surface area (Å²) < 4.78 is 10.5. The van der Waals surface area contributed by atoms with Gasteiger partial charge in [-0.25, -0.2) is 9.59 Å². The predicted molar refractivity (Wildman–Crippen MR) is 151 cm³/mol. The number of methoxy groups -OCH3 is 1. The number of rotatable bonds is 19. The lowest BCUT2D eigenvalue weighted by molar-refractivity contribution is -0.140. The van der Waals surface area contributed by atoms with E-state index in [2.05, 4.69) is 67.7 Å². The van der Waals surface area contributed by atoms with E-state index in [1.54, 1.807) is 12.1 Å². The number of benzene rings is 1. The maximum absolute atomic E-state index is 12.4. The molecule has 0 aliphatic heterocycles. The Morgan fingerprint density at radius 1 is 0.861 bits per heavy atom. The number of carbonyl (C=O) groups excluding carboxylic acids is 1. The molecule has 1 aromatic carbocycles. The first-order chi connectivity index (χ1) is 17.6. The topological polar surface area (TPSA) is 72.8 Å². The standard InChI is InChI=1S/C30H40O5S/c1-3-4-5-6-7-8-9-10-11-12-13-14-15-16-17-18-19-22-25-36-30(34-2)29(33)35-27-24-21-20-23-26(27)28(31)32/h4-5,7-8,10-11,13-14,16-17,20-21,23-24,30H,3,6,9,12,15,18-19,22,25H2,1-2H3,(H,31,32). The van der Waals surface area contributed by atoms with Crippen LogP contribution < -0.4 is 4.74 Å². The fourth-order valence-corrected chi connectivity index (χ4v) is 3.95. The predicted octanol–water partition coefficient (Wildman–Crippen LogP) is 7.92. The Kier molecular flexibility index (Phi) is 18.6. The Morgan fingerprint density at radius 2 is 1.42 bits per heavy atom. The normalized spacial score (nSPS) is 13.1. The second-order valence-corrected chi connectivity index (χ2v) is 9.03. The molecule has 1 atom stereocenters. The number of hydrogen-bond donors (Lipinski definition) is 1. The molecule has 0 radical (unpaired) electrons. The van der Waals surface area contributed by atoms with Crippen LogP contribution in [0.4, 0.5) is 0 Å². The van der Waals surface area contributed by atoms with Gasteiger partial charge in [0.2, 0.25) is 5.44 Å². The smallest absolute Gasteiger partial charge is 0.351 e. The van der Waals surface area contributed by atoms with Crippen LogP contribution in [0.3, 0.4) is 0 Å². The molecule has 6 heteroatoms. The summed E-state index contributed by atoms with van der Waals surface area (Å²) in [5.74, 6) is -0.973. The molecule has 5 nitrogen and oxygen atoms in total. The van der Waals surface area contributed by atoms with Crippen LogP contribution in [0.2, 0.25) is 0 Å². The van der Waals surface area contributed by atoms with Crippen molar-refractivity contribution in [3.63, 3.8) is 0 Å². The minimum absolute atomic E-state index is 0.0241. The van der Waals surface area contributed by atoms with Crippen molar-refractivity contribution in [1.82, 2.24) is 0 Å². The third kappa shape index (κ3) is 15.2. The first-order valence-corrected chi connectivity index (χ1v) is 13.6. The second-order valence-electron chi connectivity index (χ2n) is 7.86. The van der Waals surface area contributed by atoms with Gasteiger partial charge >= 0.3 is 11.9 Å². The maximum atomic E-state index is 12.4. The summed E-state index contributed by atoms with van der Waals surface area (Å²) in [6.45, 7) is 2.14. The van der Waals surface area contributed by atoms with Gasteiger partial charge in [-0.1, -0.05) is 79.8 Å². The number of carboxylic acid groups (broad SMARTS) is 1. The molecule has 1 aromatic rings. The molecule has 1 N–H and O–H groups in total. The average Bonchev–Trinajstić information content (AvgIpc) is 2.87. The first-order valence-electron chi connectivity index (χ1n) is 12.5. The van der Waals surface area contributed by atoms with E-state index in [0.717, 1.165) is 57.1 Å². The van der Waals surface area contributed by atoms with E-state index in [4.69, 9.17) is 9.47 Å². The average molecular weight is 513 g/mol. The van der Waals surface area contributed by atoms with Crippen LogP contribution in [0.5, 0.6) is 5.75 Å². The van der Waals surface area contributed by atoms with E-state index in [1.165, 1.54) is 31.0 Å². The second kappa shape index (κ2) is 21.5. The van der Waals surface area contributed by atoms with Gasteiger partial charge in [0.05, 0.1) is 0 Å². The zero-order valence-electron chi connectivity index (χ0n) is 21.5. The van der Waals surface area contributed by atoms with Crippen LogP contribution in [0, 0.1) is 0 Å². The van der Waals surface area contributed by atoms with Crippen molar-refractivity contribution in [3.05, 3.63) is 90.6 Å². The van der Waals surface area contributed by atoms with Gasteiger partial charge in [0.1, 0.15) is 11.3 Å². The van der Waals surface area contributed by atoms with Gasteiger partial charge in [0.15, 0.2) is 0 Å². The molecule has 0 spiro atoms. The van der Waals surface area contributed by atoms with Gasteiger partial charge in [-0.3, -0.25) is 0 Å². The Morgan fingerprint density at radius 3 is 1.97 bits per heavy atom. The molecule has 1 rings (SSSR count). The number of esters is 1. The van der Waals surface area contributed by atoms with Crippen LogP contribution in [-0.4, -0.2) is 35.3 Å². The molecular formula is C30H40O5S. The molecular weight excluding hydrogens is 472 g/mol. The number of carboxylic acids is 1. The number of unbranched alkanes of at least 4 members (excludes halogenated alkanes) is 2. The van der Waals surface area contributed by atoms with Gasteiger partial charge in [-0.15, -0.1) is 11.8 Å². The fraction of sp³-hybridized carbons (Fsp3) is 0.400. The Bertz CT molecular complexity index is 898. The van der Waals surface area contributed by atoms with E-state index >= 15 is 0 Å². The first kappa shape index (κ1) is 31.2. The molecule has 36 heavy (non-hydrogen) atoms. The lowest BCUT2D eigenvalue weighted by Crippen LogP contribution is -2.25. The summed E-state index contributed by atoms with van der Waals surface area (Å²) in [5.41, 5.74) is -0.844. The third-order valence-corrected chi connectivity index (χ3v) is 6.14. The summed E-state index contributed by atoms with van der Waals surface area (Å²) in [6.07, 6.45) is 29.8. The number of thioether (sulfide) groups is 1. The molecule has 0 saturated carbocycles. The largest absolute Gasteiger partial charge is 0.478 e. The zero-order valence-corrected chi connectivity index (χ0v) is 22.3. The number of ether oxygens (including phenoxy) is 2. The van der Waals surface area contributed by atoms with Gasteiger partial charge < -0.3 is 14.6 Å². The summed E-state index contributed by atoms with van der Waals surface area (Å²) in [7, 11) is 1.44. The van der Waals surface area contributed by atoms with Crippen LogP contribution in [-0.2, 0) is 9.53 Å². The molecule has 0 bridgehead atoms. The van der Waals surface area contributed by atoms with Gasteiger partial charge in [-0.05, 0) is 69.3 Å². The molecule has 0 aliphatic carbocycles. The number of carbonyl (C=O) groups is 2. The van der Waals surface area contributed by atoms with Gasteiger partial charge in [-0.2, -0.15) is 0 Å². The third-order valence-electron chi connectivity index (χ3n) is 4.93. The molecule has 0 amide bonds. The minimum atomic E-state index is -1.14. The highest BCUT2D eigenvalue weighted by molar-refractivity contribution is 8.00. The van der Waals surface area contributed by atoms with E-state index in [1.807, 2.05) is 0 Å². The molecule has 0 heterocycles. The number of allylic oxidation sites excluding steroid dienone is 10. The summed E-state index contributed by atoms with van der Waals surface area (Å²) in [5, 5.41) is 9.21. The quantitative estimate of drug-likeness (QED) is 0.0667. The zero-order chi connectivity index (χ0) is 26.3. The van der Waals surface area contributed by atoms with E-state index in [9.17, 15) is 14.7 Å². The molecule has 0 aliphatic rings. The number of aromatic carboxylic acids is 1. The van der Waals surface area contributed by atoms with Crippen LogP contribution >= 0.6 is 11.8 Å². The van der Waals surface area contributed by atoms with Crippen molar-refractivity contribution in [1.29, 1.82) is 0 Å². The van der Waals surface area contributed by atoms with Crippen molar-refractivity contribution in [2.45, 2.75) is 63.7 Å². The highest BCUT2D eigenvalue weighted by Gasteiger charge is 2.22. The van der Waals surface area contributed by atoms with E-state index < -0.39 is 17.4 Å². The Hall–Kier alpha value is -2.83. The lowest BCUT2D eigenvalue weighted by Gasteiger charge is -2.14. The SMILES string of the molecule is CCC=CCC=CCC=CCC=CCC=CCCCCSC(OC)C(=O)Oc1ccccc1C(=O)O. The fourth-order valence-electron chi connectivity index (χ4n) is 3.04. The Balaban J connectivity index is 2.13. The monoisotopic (exact) mass is 512 g/mol. The van der Waals surface area contributed by atoms with Crippen LogP contribution in [0.25, 0.3) is 0 Å². The van der Waals surface area contributed by atoms with E-state index in [-0.39, 0.29) is 11.3 Å². The van der Waals surface area contributed by atoms with Crippen LogP contribution in [0.15, 0.2) is 85.0 Å². The summed E-state index contributed by atoms with van der Waals surface area (Å²) in [4.78, 5) is 23.6. The van der Waals surface area contributed by atoms with Crippen molar-refractivity contribution in [3.8, 4) is 5.75 Å². The van der Waals surface area contributed by atoms with E-state index in [0.29, 0.717) is 0 Å². The number of hydrogen-bond acceptors (Lipinski definition) is 5. The molecule has 0 saturated heterocycles. The van der Waals surface area contributed by atoms with Crippen molar-refractivity contribution in [2.24, 2.45) is 0 Å². The van der Waals surface area contributed by atoms with Crippen molar-refractivity contribution < 1.29 is 24.2 Å². The Labute approximate surface area is 220 Å². The number of para-hydroxylation sites is 1. The van der Waals surface area contributed by atoms with Gasteiger partial charge in [0.25, 0.3) is 0 Å². The highest BCUT2D eigenvalue weighted by atomic mass is 32.2. The lowest BCUT2D eigenvalue weighted by atomic mass is 10.2. The van der Waals surface area contributed by atoms with Crippen LogP contribution in [0.1, 0.15) is 68.6 Å².